The second-order valence-corrected chi connectivity index (χ2v) is 4.46. The fourth-order valence-electron chi connectivity index (χ4n) is 2.11. The Hall–Kier alpha value is -2.88. The quantitative estimate of drug-likeness (QED) is 0.698. The number of nitrogens with two attached hydrogens (primary N) is 1. The molecule has 0 fully saturated rings. The van der Waals surface area contributed by atoms with Gasteiger partial charge in [0.05, 0.1) is 0 Å². The number of nitrogens with one attached hydrogen (secondary N) is 1. The SMILES string of the molecule is Nc1cccc(NC(=O)c2nccc3ccccc23)c1. The lowest BCUT2D eigenvalue weighted by Crippen LogP contribution is -2.14. The van der Waals surface area contributed by atoms with Gasteiger partial charge >= 0.3 is 0 Å². The number of anilines is 2. The molecule has 0 aliphatic heterocycles. The number of rotatable bonds is 2. The number of amides is 1. The monoisotopic (exact) mass is 263 g/mol. The van der Waals surface area contributed by atoms with E-state index < -0.39 is 0 Å². The first-order valence-electron chi connectivity index (χ1n) is 6.25. The Morgan fingerprint density at radius 3 is 2.75 bits per heavy atom. The largest absolute Gasteiger partial charge is 0.399 e. The molecule has 2 aromatic carbocycles. The van der Waals surface area contributed by atoms with Crippen molar-refractivity contribution in [2.24, 2.45) is 0 Å². The van der Waals surface area contributed by atoms with Crippen LogP contribution in [0.5, 0.6) is 0 Å². The summed E-state index contributed by atoms with van der Waals surface area (Å²) in [5, 5.41) is 4.63. The molecule has 0 aliphatic carbocycles. The second kappa shape index (κ2) is 5.01. The maximum absolute atomic E-state index is 12.3. The van der Waals surface area contributed by atoms with Gasteiger partial charge in [0.25, 0.3) is 5.91 Å². The average Bonchev–Trinajstić information content (AvgIpc) is 2.46. The Balaban J connectivity index is 1.97. The van der Waals surface area contributed by atoms with Gasteiger partial charge in [0.1, 0.15) is 5.69 Å². The van der Waals surface area contributed by atoms with Gasteiger partial charge in [0.15, 0.2) is 0 Å². The van der Waals surface area contributed by atoms with E-state index in [9.17, 15) is 4.79 Å². The molecule has 3 aromatic rings. The van der Waals surface area contributed by atoms with E-state index in [0.29, 0.717) is 17.1 Å². The van der Waals surface area contributed by atoms with Crippen molar-refractivity contribution in [1.29, 1.82) is 0 Å². The topological polar surface area (TPSA) is 68.0 Å². The predicted molar refractivity (Wildman–Crippen MR) is 80.6 cm³/mol. The molecule has 0 saturated carbocycles. The number of fused-ring (bicyclic) bond motifs is 1. The molecule has 4 heteroatoms. The summed E-state index contributed by atoms with van der Waals surface area (Å²) in [5.74, 6) is -0.243. The number of hydrogen-bond acceptors (Lipinski definition) is 3. The van der Waals surface area contributed by atoms with E-state index in [1.165, 1.54) is 0 Å². The molecule has 1 amide bonds. The van der Waals surface area contributed by atoms with Crippen LogP contribution in [0.25, 0.3) is 10.8 Å². The molecule has 0 bridgehead atoms. The first-order valence-corrected chi connectivity index (χ1v) is 6.25. The van der Waals surface area contributed by atoms with Crippen LogP contribution in [-0.4, -0.2) is 10.9 Å². The Bertz CT molecular complexity index is 778. The van der Waals surface area contributed by atoms with Crippen molar-refractivity contribution >= 4 is 28.1 Å². The molecule has 4 nitrogen and oxygen atoms in total. The van der Waals surface area contributed by atoms with Gasteiger partial charge in [-0.05, 0) is 29.7 Å². The molecular weight excluding hydrogens is 250 g/mol. The van der Waals surface area contributed by atoms with Crippen molar-refractivity contribution in [3.63, 3.8) is 0 Å². The van der Waals surface area contributed by atoms with Crippen molar-refractivity contribution in [2.75, 3.05) is 11.1 Å². The summed E-state index contributed by atoms with van der Waals surface area (Å²) in [6.45, 7) is 0. The van der Waals surface area contributed by atoms with Gasteiger partial charge in [-0.1, -0.05) is 30.3 Å². The lowest BCUT2D eigenvalue weighted by molar-refractivity contribution is 0.102. The molecular formula is C16H13N3O. The summed E-state index contributed by atoms with van der Waals surface area (Å²) in [7, 11) is 0. The lowest BCUT2D eigenvalue weighted by Gasteiger charge is -2.07. The highest BCUT2D eigenvalue weighted by Crippen LogP contribution is 2.18. The van der Waals surface area contributed by atoms with Crippen molar-refractivity contribution in [1.82, 2.24) is 4.98 Å². The van der Waals surface area contributed by atoms with Crippen LogP contribution in [0.3, 0.4) is 0 Å². The Kier molecular flexibility index (Phi) is 3.05. The third-order valence-electron chi connectivity index (χ3n) is 3.03. The number of benzene rings is 2. The van der Waals surface area contributed by atoms with Crippen molar-refractivity contribution in [2.45, 2.75) is 0 Å². The van der Waals surface area contributed by atoms with Crippen molar-refractivity contribution in [3.05, 3.63) is 66.5 Å². The number of pyridine rings is 1. The summed E-state index contributed by atoms with van der Waals surface area (Å²) in [4.78, 5) is 16.5. The highest BCUT2D eigenvalue weighted by atomic mass is 16.1. The average molecular weight is 263 g/mol. The fourth-order valence-corrected chi connectivity index (χ4v) is 2.11. The molecule has 0 saturated heterocycles. The van der Waals surface area contributed by atoms with Crippen LogP contribution in [0, 0.1) is 0 Å². The van der Waals surface area contributed by atoms with E-state index in [1.54, 1.807) is 30.5 Å². The Morgan fingerprint density at radius 2 is 1.90 bits per heavy atom. The molecule has 0 unspecified atom stereocenters. The second-order valence-electron chi connectivity index (χ2n) is 4.46. The maximum atomic E-state index is 12.3. The summed E-state index contributed by atoms with van der Waals surface area (Å²) < 4.78 is 0. The molecule has 0 atom stereocenters. The summed E-state index contributed by atoms with van der Waals surface area (Å²) >= 11 is 0. The lowest BCUT2D eigenvalue weighted by atomic mass is 10.1. The third kappa shape index (κ3) is 2.31. The molecule has 0 radical (unpaired) electrons. The zero-order valence-corrected chi connectivity index (χ0v) is 10.7. The van der Waals surface area contributed by atoms with Crippen LogP contribution in [0.15, 0.2) is 60.8 Å². The molecule has 20 heavy (non-hydrogen) atoms. The van der Waals surface area contributed by atoms with Crippen molar-refractivity contribution < 1.29 is 4.79 Å². The standard InChI is InChI=1S/C16H13N3O/c17-12-5-3-6-13(10-12)19-16(20)15-14-7-2-1-4-11(14)8-9-18-15/h1-10H,17H2,(H,19,20). The van der Waals surface area contributed by atoms with Crippen LogP contribution >= 0.6 is 0 Å². The molecule has 98 valence electrons. The summed E-state index contributed by atoms with van der Waals surface area (Å²) in [6.07, 6.45) is 1.64. The van der Waals surface area contributed by atoms with Gasteiger partial charge in [0, 0.05) is 23.0 Å². The van der Waals surface area contributed by atoms with Gasteiger partial charge in [-0.25, -0.2) is 0 Å². The van der Waals surface area contributed by atoms with Crippen molar-refractivity contribution in [3.8, 4) is 0 Å². The molecule has 3 rings (SSSR count). The fraction of sp³-hybridized carbons (Fsp3) is 0. The normalized spacial score (nSPS) is 10.4. The predicted octanol–water partition coefficient (Wildman–Crippen LogP) is 3.07. The highest BCUT2D eigenvalue weighted by molar-refractivity contribution is 6.11. The number of hydrogen-bond donors (Lipinski definition) is 2. The van der Waals surface area contributed by atoms with Crippen LogP contribution in [0.2, 0.25) is 0 Å². The number of carbonyl (C=O) groups excluding carboxylic acids is 1. The minimum absolute atomic E-state index is 0.243. The number of carbonyl (C=O) groups is 1. The Labute approximate surface area is 116 Å². The summed E-state index contributed by atoms with van der Waals surface area (Å²) in [5.41, 5.74) is 7.37. The molecule has 0 aliphatic rings. The first kappa shape index (κ1) is 12.2. The molecule has 3 N–H and O–H groups in total. The van der Waals surface area contributed by atoms with E-state index in [4.69, 9.17) is 5.73 Å². The van der Waals surface area contributed by atoms with E-state index in [0.717, 1.165) is 10.8 Å². The third-order valence-corrected chi connectivity index (χ3v) is 3.03. The van der Waals surface area contributed by atoms with E-state index in [1.807, 2.05) is 30.3 Å². The van der Waals surface area contributed by atoms with Gasteiger partial charge in [-0.2, -0.15) is 0 Å². The van der Waals surface area contributed by atoms with E-state index >= 15 is 0 Å². The number of aromatic nitrogens is 1. The number of nitrogens with zero attached hydrogens (tertiary/aromatic N) is 1. The van der Waals surface area contributed by atoms with Crippen LogP contribution in [0.4, 0.5) is 11.4 Å². The zero-order chi connectivity index (χ0) is 13.9. The Morgan fingerprint density at radius 1 is 1.05 bits per heavy atom. The van der Waals surface area contributed by atoms with Gasteiger partial charge < -0.3 is 11.1 Å². The van der Waals surface area contributed by atoms with Gasteiger partial charge in [-0.3, -0.25) is 9.78 Å². The molecule has 1 heterocycles. The zero-order valence-electron chi connectivity index (χ0n) is 10.7. The first-order chi connectivity index (χ1) is 9.74. The van der Waals surface area contributed by atoms with Gasteiger partial charge in [-0.15, -0.1) is 0 Å². The smallest absolute Gasteiger partial charge is 0.274 e. The minimum Gasteiger partial charge on any atom is -0.399 e. The van der Waals surface area contributed by atoms with Crippen LogP contribution < -0.4 is 11.1 Å². The molecule has 0 spiro atoms. The number of nitrogen functional groups attached to an aromatic ring is 1. The van der Waals surface area contributed by atoms with Crippen LogP contribution in [0.1, 0.15) is 10.5 Å². The van der Waals surface area contributed by atoms with E-state index in [2.05, 4.69) is 10.3 Å². The van der Waals surface area contributed by atoms with Crippen LogP contribution in [-0.2, 0) is 0 Å². The maximum Gasteiger partial charge on any atom is 0.274 e. The van der Waals surface area contributed by atoms with E-state index in [-0.39, 0.29) is 5.91 Å². The highest BCUT2D eigenvalue weighted by Gasteiger charge is 2.11. The minimum atomic E-state index is -0.243. The summed E-state index contributed by atoms with van der Waals surface area (Å²) in [6, 6.07) is 16.6. The molecule has 1 aromatic heterocycles. The van der Waals surface area contributed by atoms with Gasteiger partial charge in [0.2, 0.25) is 0 Å².